The number of nitrogens with zero attached hydrogens (tertiary/aromatic N) is 6. The summed E-state index contributed by atoms with van der Waals surface area (Å²) in [6, 6.07) is 7.28. The fraction of sp³-hybridized carbons (Fsp3) is 0.188. The molecular formula is C16H12N6O4S2. The van der Waals surface area contributed by atoms with Crippen molar-refractivity contribution in [1.82, 2.24) is 24.8 Å². The minimum atomic E-state index is -0.474. The summed E-state index contributed by atoms with van der Waals surface area (Å²) in [4.78, 5) is 27.4. The average Bonchev–Trinajstić information content (AvgIpc) is 3.33. The number of thioether (sulfide) groups is 1. The summed E-state index contributed by atoms with van der Waals surface area (Å²) in [5, 5.41) is 24.0. The smallest absolute Gasteiger partial charge is 0.277 e. The van der Waals surface area contributed by atoms with Gasteiger partial charge in [-0.15, -0.1) is 10.2 Å². The Morgan fingerprint density at radius 3 is 2.79 bits per heavy atom. The molecule has 28 heavy (non-hydrogen) atoms. The van der Waals surface area contributed by atoms with Crippen LogP contribution in [0.15, 0.2) is 44.8 Å². The van der Waals surface area contributed by atoms with Crippen molar-refractivity contribution in [2.45, 2.75) is 24.3 Å². The lowest BCUT2D eigenvalue weighted by molar-refractivity contribution is -0.384. The Kier molecular flexibility index (Phi) is 4.88. The van der Waals surface area contributed by atoms with E-state index in [4.69, 9.17) is 4.42 Å². The van der Waals surface area contributed by atoms with Crippen molar-refractivity contribution >= 4 is 33.7 Å². The number of non-ortho nitro benzene ring substituents is 1. The van der Waals surface area contributed by atoms with E-state index >= 15 is 0 Å². The highest BCUT2D eigenvalue weighted by molar-refractivity contribution is 7.98. The molecule has 0 radical (unpaired) electrons. The second kappa shape index (κ2) is 7.48. The Labute approximate surface area is 165 Å². The van der Waals surface area contributed by atoms with E-state index in [0.29, 0.717) is 27.2 Å². The number of hydrogen-bond donors (Lipinski definition) is 0. The normalized spacial score (nSPS) is 11.2. The second-order valence-corrected chi connectivity index (χ2v) is 7.56. The molecule has 0 aliphatic carbocycles. The van der Waals surface area contributed by atoms with Crippen molar-refractivity contribution in [3.8, 4) is 11.5 Å². The monoisotopic (exact) mass is 416 g/mol. The number of aromatic nitrogens is 5. The number of benzene rings is 1. The lowest BCUT2D eigenvalue weighted by Crippen LogP contribution is -2.15. The largest absolute Gasteiger partial charge is 0.411 e. The molecule has 4 rings (SSSR count). The molecule has 0 aliphatic heterocycles. The predicted octanol–water partition coefficient (Wildman–Crippen LogP) is 2.96. The summed E-state index contributed by atoms with van der Waals surface area (Å²) in [5.41, 5.74) is 0.935. The first-order valence-corrected chi connectivity index (χ1v) is 9.93. The highest BCUT2D eigenvalue weighted by Gasteiger charge is 2.13. The van der Waals surface area contributed by atoms with E-state index in [9.17, 15) is 14.9 Å². The van der Waals surface area contributed by atoms with Gasteiger partial charge in [0.15, 0.2) is 0 Å². The number of nitro groups is 1. The van der Waals surface area contributed by atoms with Crippen molar-refractivity contribution < 1.29 is 9.34 Å². The molecule has 3 aromatic heterocycles. The molecule has 0 bridgehead atoms. The zero-order valence-electron chi connectivity index (χ0n) is 14.4. The number of hydrogen-bond acceptors (Lipinski definition) is 10. The summed E-state index contributed by atoms with van der Waals surface area (Å²) in [6.45, 7) is 1.97. The van der Waals surface area contributed by atoms with Gasteiger partial charge in [-0.05, 0) is 18.6 Å². The van der Waals surface area contributed by atoms with Gasteiger partial charge in [-0.2, -0.15) is 9.61 Å². The molecule has 12 heteroatoms. The molecule has 10 nitrogen and oxygen atoms in total. The topological polar surface area (TPSA) is 129 Å². The van der Waals surface area contributed by atoms with Crippen molar-refractivity contribution in [1.29, 1.82) is 0 Å². The van der Waals surface area contributed by atoms with Gasteiger partial charge in [0.05, 0.1) is 10.6 Å². The van der Waals surface area contributed by atoms with Gasteiger partial charge in [-0.25, -0.2) is 4.98 Å². The predicted molar refractivity (Wildman–Crippen MR) is 102 cm³/mol. The molecule has 0 fully saturated rings. The lowest BCUT2D eigenvalue weighted by Gasteiger charge is -1.97. The highest BCUT2D eigenvalue weighted by atomic mass is 32.2. The molecule has 0 saturated carbocycles. The van der Waals surface area contributed by atoms with Crippen LogP contribution in [0.1, 0.15) is 17.6 Å². The maximum absolute atomic E-state index is 12.2. The Bertz CT molecular complexity index is 1210. The molecule has 0 aliphatic rings. The van der Waals surface area contributed by atoms with Gasteiger partial charge in [0.25, 0.3) is 16.5 Å². The highest BCUT2D eigenvalue weighted by Crippen LogP contribution is 2.26. The third kappa shape index (κ3) is 3.64. The second-order valence-electron chi connectivity index (χ2n) is 5.60. The zero-order chi connectivity index (χ0) is 19.7. The Balaban J connectivity index is 1.49. The Morgan fingerprint density at radius 1 is 1.29 bits per heavy atom. The molecule has 0 atom stereocenters. The third-order valence-electron chi connectivity index (χ3n) is 3.72. The summed E-state index contributed by atoms with van der Waals surface area (Å²) >= 11 is 2.64. The standard InChI is InChI=1S/C16H12N6O4S2/c1-2-12-20-21-13(23)7-10(17-15(21)28-12)8-27-16-19-18-14(26-16)9-3-5-11(6-4-9)22(24)25/h3-7H,2,8H2,1H3. The number of rotatable bonds is 6. The first-order chi connectivity index (χ1) is 13.5. The molecule has 0 unspecified atom stereocenters. The molecule has 0 spiro atoms. The molecule has 4 aromatic rings. The van der Waals surface area contributed by atoms with Gasteiger partial charge >= 0.3 is 0 Å². The van der Waals surface area contributed by atoms with Crippen LogP contribution in [0.25, 0.3) is 16.4 Å². The van der Waals surface area contributed by atoms with E-state index in [2.05, 4.69) is 20.3 Å². The minimum Gasteiger partial charge on any atom is -0.411 e. The maximum atomic E-state index is 12.2. The molecule has 0 N–H and O–H groups in total. The SMILES string of the molecule is CCc1nn2c(=O)cc(CSc3nnc(-c4ccc([N+](=O)[O-])cc4)o3)nc2s1. The quantitative estimate of drug-likeness (QED) is 0.264. The van der Waals surface area contributed by atoms with Crippen molar-refractivity contribution in [3.63, 3.8) is 0 Å². The summed E-state index contributed by atoms with van der Waals surface area (Å²) in [5.74, 6) is 0.642. The number of aryl methyl sites for hydroxylation is 1. The number of fused-ring (bicyclic) bond motifs is 1. The zero-order valence-corrected chi connectivity index (χ0v) is 16.1. The van der Waals surface area contributed by atoms with Gasteiger partial charge in [0.1, 0.15) is 5.01 Å². The number of nitro benzene ring substituents is 1. The van der Waals surface area contributed by atoms with Crippen molar-refractivity contribution in [2.24, 2.45) is 0 Å². The van der Waals surface area contributed by atoms with Crippen LogP contribution in [0.5, 0.6) is 0 Å². The van der Waals surface area contributed by atoms with Crippen LogP contribution < -0.4 is 5.56 Å². The van der Waals surface area contributed by atoms with Crippen molar-refractivity contribution in [3.05, 3.63) is 61.5 Å². The minimum absolute atomic E-state index is 0.0140. The van der Waals surface area contributed by atoms with Crippen molar-refractivity contribution in [2.75, 3.05) is 0 Å². The molecule has 142 valence electrons. The Morgan fingerprint density at radius 2 is 2.07 bits per heavy atom. The maximum Gasteiger partial charge on any atom is 0.277 e. The average molecular weight is 416 g/mol. The molecule has 0 amide bonds. The van der Waals surface area contributed by atoms with Gasteiger partial charge < -0.3 is 4.42 Å². The van der Waals surface area contributed by atoms with E-state index in [0.717, 1.165) is 11.4 Å². The fourth-order valence-corrected chi connectivity index (χ4v) is 3.87. The van der Waals surface area contributed by atoms with E-state index in [-0.39, 0.29) is 17.1 Å². The van der Waals surface area contributed by atoms with Gasteiger partial charge in [0.2, 0.25) is 10.9 Å². The molecule has 1 aromatic carbocycles. The van der Waals surface area contributed by atoms with Gasteiger partial charge in [-0.1, -0.05) is 30.0 Å². The summed E-state index contributed by atoms with van der Waals surface area (Å²) in [6.07, 6.45) is 0.741. The summed E-state index contributed by atoms with van der Waals surface area (Å²) in [7, 11) is 0. The molecule has 0 saturated heterocycles. The lowest BCUT2D eigenvalue weighted by atomic mass is 10.2. The van der Waals surface area contributed by atoms with Crippen LogP contribution in [0.3, 0.4) is 0 Å². The van der Waals surface area contributed by atoms with E-state index < -0.39 is 4.92 Å². The first-order valence-electron chi connectivity index (χ1n) is 8.13. The summed E-state index contributed by atoms with van der Waals surface area (Å²) < 4.78 is 6.88. The van der Waals surface area contributed by atoms with Crippen LogP contribution in [-0.4, -0.2) is 29.7 Å². The van der Waals surface area contributed by atoms with E-state index in [1.807, 2.05) is 6.92 Å². The van der Waals surface area contributed by atoms with Crippen LogP contribution in [0.4, 0.5) is 5.69 Å². The van der Waals surface area contributed by atoms with Gasteiger partial charge in [-0.3, -0.25) is 14.9 Å². The van der Waals surface area contributed by atoms with Crippen LogP contribution in [0, 0.1) is 10.1 Å². The van der Waals surface area contributed by atoms with E-state index in [1.54, 1.807) is 12.1 Å². The van der Waals surface area contributed by atoms with Gasteiger partial charge in [0, 0.05) is 29.5 Å². The Hall–Kier alpha value is -3.12. The third-order valence-corrected chi connectivity index (χ3v) is 5.62. The first kappa shape index (κ1) is 18.3. The fourth-order valence-electron chi connectivity index (χ4n) is 2.36. The molecule has 3 heterocycles. The van der Waals surface area contributed by atoms with Crippen LogP contribution in [-0.2, 0) is 12.2 Å². The molecular weight excluding hydrogens is 404 g/mol. The van der Waals surface area contributed by atoms with Crippen LogP contribution >= 0.6 is 23.1 Å². The van der Waals surface area contributed by atoms with E-state index in [1.165, 1.54) is 45.8 Å². The van der Waals surface area contributed by atoms with Crippen LogP contribution in [0.2, 0.25) is 0 Å².